The SMILES string of the molecule is COC(=O)[C@@H]1ON2CCc3ccccc3C2[C@@H]1C(=O)OC. The topological polar surface area (TPSA) is 65.1 Å². The van der Waals surface area contributed by atoms with Crippen LogP contribution in [0.15, 0.2) is 24.3 Å². The molecule has 1 unspecified atom stereocenters. The number of benzene rings is 1. The molecule has 0 amide bonds. The van der Waals surface area contributed by atoms with E-state index in [0.717, 1.165) is 12.0 Å². The molecule has 112 valence electrons. The summed E-state index contributed by atoms with van der Waals surface area (Å²) >= 11 is 0. The highest BCUT2D eigenvalue weighted by Gasteiger charge is 2.54. The van der Waals surface area contributed by atoms with Gasteiger partial charge in [-0.3, -0.25) is 9.63 Å². The van der Waals surface area contributed by atoms with E-state index in [-0.39, 0.29) is 6.04 Å². The van der Waals surface area contributed by atoms with Gasteiger partial charge in [-0.1, -0.05) is 24.3 Å². The summed E-state index contributed by atoms with van der Waals surface area (Å²) in [5, 5.41) is 1.70. The Hall–Kier alpha value is -1.92. The first-order valence-corrected chi connectivity index (χ1v) is 6.84. The molecule has 0 spiro atoms. The Balaban J connectivity index is 2.03. The molecule has 6 heteroatoms. The monoisotopic (exact) mass is 291 g/mol. The number of rotatable bonds is 2. The fraction of sp³-hybridized carbons (Fsp3) is 0.467. The molecule has 2 heterocycles. The van der Waals surface area contributed by atoms with Gasteiger partial charge in [-0.2, -0.15) is 5.06 Å². The van der Waals surface area contributed by atoms with Crippen molar-refractivity contribution >= 4 is 11.9 Å². The van der Waals surface area contributed by atoms with Crippen LogP contribution in [0.4, 0.5) is 0 Å². The minimum Gasteiger partial charge on any atom is -0.469 e. The first-order valence-electron chi connectivity index (χ1n) is 6.84. The van der Waals surface area contributed by atoms with Gasteiger partial charge in [-0.25, -0.2) is 4.79 Å². The number of ether oxygens (including phenoxy) is 2. The summed E-state index contributed by atoms with van der Waals surface area (Å²) in [6, 6.07) is 7.57. The molecule has 0 N–H and O–H groups in total. The molecule has 0 bridgehead atoms. The van der Waals surface area contributed by atoms with Crippen molar-refractivity contribution in [3.63, 3.8) is 0 Å². The van der Waals surface area contributed by atoms with Gasteiger partial charge < -0.3 is 9.47 Å². The number of carbonyl (C=O) groups is 2. The van der Waals surface area contributed by atoms with E-state index in [0.29, 0.717) is 6.54 Å². The van der Waals surface area contributed by atoms with Crippen LogP contribution in [0, 0.1) is 5.92 Å². The van der Waals surface area contributed by atoms with E-state index in [1.54, 1.807) is 5.06 Å². The largest absolute Gasteiger partial charge is 0.469 e. The summed E-state index contributed by atoms with van der Waals surface area (Å²) < 4.78 is 9.62. The third-order valence-electron chi connectivity index (χ3n) is 4.11. The Bertz CT molecular complexity index is 573. The van der Waals surface area contributed by atoms with Crippen LogP contribution in [0.5, 0.6) is 0 Å². The molecule has 0 aromatic heterocycles. The second kappa shape index (κ2) is 5.46. The number of hydroxylamine groups is 2. The second-order valence-electron chi connectivity index (χ2n) is 5.13. The quantitative estimate of drug-likeness (QED) is 0.753. The number of fused-ring (bicyclic) bond motifs is 3. The number of carbonyl (C=O) groups excluding carboxylic acids is 2. The van der Waals surface area contributed by atoms with Crippen molar-refractivity contribution in [2.24, 2.45) is 5.92 Å². The van der Waals surface area contributed by atoms with Crippen LogP contribution >= 0.6 is 0 Å². The van der Waals surface area contributed by atoms with Crippen molar-refractivity contribution in [2.75, 3.05) is 20.8 Å². The van der Waals surface area contributed by atoms with Crippen LogP contribution in [0.25, 0.3) is 0 Å². The summed E-state index contributed by atoms with van der Waals surface area (Å²) in [4.78, 5) is 29.8. The van der Waals surface area contributed by atoms with E-state index in [9.17, 15) is 9.59 Å². The Kier molecular flexibility index (Phi) is 3.65. The number of esters is 2. The van der Waals surface area contributed by atoms with Gasteiger partial charge >= 0.3 is 11.9 Å². The zero-order chi connectivity index (χ0) is 15.0. The molecule has 1 aromatic rings. The average molecular weight is 291 g/mol. The normalized spacial score (nSPS) is 27.6. The van der Waals surface area contributed by atoms with Crippen molar-refractivity contribution < 1.29 is 23.9 Å². The van der Waals surface area contributed by atoms with E-state index in [2.05, 4.69) is 0 Å². The summed E-state index contributed by atoms with van der Waals surface area (Å²) in [5.41, 5.74) is 2.17. The first-order chi connectivity index (χ1) is 10.2. The Morgan fingerprint density at radius 2 is 1.90 bits per heavy atom. The lowest BCUT2D eigenvalue weighted by atomic mass is 9.84. The highest BCUT2D eigenvalue weighted by atomic mass is 16.7. The molecular formula is C15H17NO5. The average Bonchev–Trinajstić information content (AvgIpc) is 2.93. The molecule has 2 aliphatic heterocycles. The van der Waals surface area contributed by atoms with E-state index < -0.39 is 24.0 Å². The lowest BCUT2D eigenvalue weighted by Gasteiger charge is -2.31. The third-order valence-corrected chi connectivity index (χ3v) is 4.11. The van der Waals surface area contributed by atoms with Crippen LogP contribution in [-0.4, -0.2) is 43.9 Å². The molecule has 1 saturated heterocycles. The highest BCUT2D eigenvalue weighted by molar-refractivity contribution is 5.85. The van der Waals surface area contributed by atoms with Crippen LogP contribution < -0.4 is 0 Å². The Morgan fingerprint density at radius 3 is 2.62 bits per heavy atom. The zero-order valence-electron chi connectivity index (χ0n) is 11.9. The van der Waals surface area contributed by atoms with Crippen LogP contribution in [-0.2, 0) is 30.3 Å². The smallest absolute Gasteiger partial charge is 0.338 e. The molecule has 0 saturated carbocycles. The number of nitrogens with zero attached hydrogens (tertiary/aromatic N) is 1. The summed E-state index contributed by atoms with van der Waals surface area (Å²) in [6.45, 7) is 0.628. The Morgan fingerprint density at radius 1 is 1.19 bits per heavy atom. The van der Waals surface area contributed by atoms with Crippen LogP contribution in [0.2, 0.25) is 0 Å². The van der Waals surface area contributed by atoms with Gasteiger partial charge in [0, 0.05) is 6.54 Å². The molecule has 0 radical (unpaired) electrons. The summed E-state index contributed by atoms with van der Waals surface area (Å²) in [5.74, 6) is -1.74. The zero-order valence-corrected chi connectivity index (χ0v) is 11.9. The van der Waals surface area contributed by atoms with Gasteiger partial charge in [0.05, 0.1) is 20.3 Å². The Labute approximate surface area is 122 Å². The maximum absolute atomic E-state index is 12.2. The molecular weight excluding hydrogens is 274 g/mol. The van der Waals surface area contributed by atoms with Crippen molar-refractivity contribution in [1.29, 1.82) is 0 Å². The number of hydrogen-bond donors (Lipinski definition) is 0. The van der Waals surface area contributed by atoms with E-state index in [1.807, 2.05) is 24.3 Å². The molecule has 21 heavy (non-hydrogen) atoms. The van der Waals surface area contributed by atoms with Crippen molar-refractivity contribution in [3.8, 4) is 0 Å². The maximum Gasteiger partial charge on any atom is 0.338 e. The van der Waals surface area contributed by atoms with Crippen molar-refractivity contribution in [2.45, 2.75) is 18.6 Å². The molecule has 3 atom stereocenters. The van der Waals surface area contributed by atoms with Crippen LogP contribution in [0.1, 0.15) is 17.2 Å². The summed E-state index contributed by atoms with van der Waals surface area (Å²) in [6.07, 6.45) is -0.146. The third kappa shape index (κ3) is 2.20. The van der Waals surface area contributed by atoms with Gasteiger partial charge in [0.25, 0.3) is 0 Å². The number of hydrogen-bond acceptors (Lipinski definition) is 6. The first kappa shape index (κ1) is 14.0. The molecule has 2 aliphatic rings. The van der Waals surface area contributed by atoms with Crippen molar-refractivity contribution in [1.82, 2.24) is 5.06 Å². The van der Waals surface area contributed by atoms with Gasteiger partial charge in [0.2, 0.25) is 0 Å². The lowest BCUT2D eigenvalue weighted by Crippen LogP contribution is -2.37. The fourth-order valence-corrected chi connectivity index (χ4v) is 3.14. The molecule has 1 aromatic carbocycles. The maximum atomic E-state index is 12.2. The molecule has 3 rings (SSSR count). The standard InChI is InChI=1S/C15H17NO5/c1-19-14(17)11-12-10-6-4-3-5-9(10)7-8-16(12)21-13(11)15(18)20-2/h3-6,11-13H,7-8H2,1-2H3/t11-,12?,13+/m0/s1. The minimum absolute atomic E-state index is 0.313. The van der Waals surface area contributed by atoms with Crippen LogP contribution in [0.3, 0.4) is 0 Å². The lowest BCUT2D eigenvalue weighted by molar-refractivity contribution is -0.190. The van der Waals surface area contributed by atoms with E-state index >= 15 is 0 Å². The second-order valence-corrected chi connectivity index (χ2v) is 5.13. The van der Waals surface area contributed by atoms with Gasteiger partial charge in [-0.05, 0) is 17.5 Å². The highest BCUT2D eigenvalue weighted by Crippen LogP contribution is 2.44. The predicted molar refractivity (Wildman–Crippen MR) is 72.0 cm³/mol. The van der Waals surface area contributed by atoms with Gasteiger partial charge in [-0.15, -0.1) is 0 Å². The predicted octanol–water partition coefficient (Wildman–Crippen LogP) is 0.862. The number of methoxy groups -OCH3 is 2. The van der Waals surface area contributed by atoms with E-state index in [1.165, 1.54) is 19.8 Å². The van der Waals surface area contributed by atoms with Gasteiger partial charge in [0.15, 0.2) is 6.10 Å². The molecule has 0 aliphatic carbocycles. The molecule has 6 nitrogen and oxygen atoms in total. The fourth-order valence-electron chi connectivity index (χ4n) is 3.14. The van der Waals surface area contributed by atoms with Gasteiger partial charge in [0.1, 0.15) is 5.92 Å². The van der Waals surface area contributed by atoms with E-state index in [4.69, 9.17) is 14.3 Å². The minimum atomic E-state index is -0.960. The summed E-state index contributed by atoms with van der Waals surface area (Å²) in [7, 11) is 2.60. The molecule has 1 fully saturated rings. The van der Waals surface area contributed by atoms with Crippen molar-refractivity contribution in [3.05, 3.63) is 35.4 Å².